The zero-order valence-electron chi connectivity index (χ0n) is 16.0. The number of hydrogen-bond acceptors (Lipinski definition) is 6. The van der Waals surface area contributed by atoms with Gasteiger partial charge in [-0.25, -0.2) is 4.79 Å². The molecule has 2 amide bonds. The predicted molar refractivity (Wildman–Crippen MR) is 97.9 cm³/mol. The molecule has 0 atom stereocenters. The minimum atomic E-state index is -0.609. The minimum absolute atomic E-state index is 0.0182. The number of rotatable bonds is 4. The molecular formula is C18H25N3O6. The standard InChI is InChI=1S/C18H25N3O6/c1-18(2,3)27-17(23)20-9-7-12(8-10-20)19-16(22)14-6-5-13(26-4)11-15(14)21(24)25/h5-6,11-12H,7-10H2,1-4H3,(H,19,22). The van der Waals surface area contributed by atoms with E-state index in [1.54, 1.807) is 25.7 Å². The maximum absolute atomic E-state index is 12.5. The second kappa shape index (κ2) is 8.24. The van der Waals surface area contributed by atoms with Gasteiger partial charge in [-0.05, 0) is 45.7 Å². The number of hydrogen-bond donors (Lipinski definition) is 1. The van der Waals surface area contributed by atoms with Gasteiger partial charge in [0.2, 0.25) is 0 Å². The molecule has 0 radical (unpaired) electrons. The second-order valence-corrected chi connectivity index (χ2v) is 7.36. The maximum atomic E-state index is 12.5. The van der Waals surface area contributed by atoms with Gasteiger partial charge in [-0.15, -0.1) is 0 Å². The number of ether oxygens (including phenoxy) is 2. The first kappa shape index (κ1) is 20.5. The Morgan fingerprint density at radius 2 is 1.89 bits per heavy atom. The molecule has 27 heavy (non-hydrogen) atoms. The molecule has 9 nitrogen and oxygen atoms in total. The molecule has 0 aliphatic carbocycles. The summed E-state index contributed by atoms with van der Waals surface area (Å²) in [5, 5.41) is 14.0. The van der Waals surface area contributed by atoms with E-state index in [1.165, 1.54) is 25.3 Å². The van der Waals surface area contributed by atoms with Crippen molar-refractivity contribution in [3.05, 3.63) is 33.9 Å². The van der Waals surface area contributed by atoms with Crippen molar-refractivity contribution in [3.8, 4) is 5.75 Å². The zero-order valence-corrected chi connectivity index (χ0v) is 16.0. The number of carbonyl (C=O) groups excluding carboxylic acids is 2. The molecule has 0 spiro atoms. The summed E-state index contributed by atoms with van der Waals surface area (Å²) in [6.07, 6.45) is 0.724. The monoisotopic (exact) mass is 379 g/mol. The molecule has 1 aliphatic heterocycles. The number of benzene rings is 1. The Kier molecular flexibility index (Phi) is 6.24. The number of piperidine rings is 1. The molecule has 0 bridgehead atoms. The van der Waals surface area contributed by atoms with Crippen molar-refractivity contribution in [3.63, 3.8) is 0 Å². The summed E-state index contributed by atoms with van der Waals surface area (Å²) in [5.41, 5.74) is -0.886. The number of carbonyl (C=O) groups is 2. The van der Waals surface area contributed by atoms with Crippen LogP contribution in [0.1, 0.15) is 44.0 Å². The number of nitro groups is 1. The molecule has 1 aromatic carbocycles. The quantitative estimate of drug-likeness (QED) is 0.636. The highest BCUT2D eigenvalue weighted by atomic mass is 16.6. The Morgan fingerprint density at radius 1 is 1.26 bits per heavy atom. The van der Waals surface area contributed by atoms with E-state index in [4.69, 9.17) is 9.47 Å². The lowest BCUT2D eigenvalue weighted by molar-refractivity contribution is -0.385. The molecule has 1 heterocycles. The molecule has 1 aromatic rings. The van der Waals surface area contributed by atoms with E-state index in [-0.39, 0.29) is 23.4 Å². The van der Waals surface area contributed by atoms with Crippen LogP contribution in [0.4, 0.5) is 10.5 Å². The van der Waals surface area contributed by atoms with Gasteiger partial charge in [-0.2, -0.15) is 0 Å². The van der Waals surface area contributed by atoms with E-state index in [0.29, 0.717) is 31.7 Å². The Bertz CT molecular complexity index is 720. The highest BCUT2D eigenvalue weighted by Crippen LogP contribution is 2.25. The summed E-state index contributed by atoms with van der Waals surface area (Å²) >= 11 is 0. The lowest BCUT2D eigenvalue weighted by Gasteiger charge is -2.33. The summed E-state index contributed by atoms with van der Waals surface area (Å²) in [6, 6.07) is 3.94. The van der Waals surface area contributed by atoms with Crippen LogP contribution in [0.2, 0.25) is 0 Å². The van der Waals surface area contributed by atoms with Crippen LogP contribution in [0, 0.1) is 10.1 Å². The van der Waals surface area contributed by atoms with Gasteiger partial charge in [0.1, 0.15) is 16.9 Å². The highest BCUT2D eigenvalue weighted by Gasteiger charge is 2.29. The first-order chi connectivity index (χ1) is 12.6. The Hall–Kier alpha value is -2.84. The van der Waals surface area contributed by atoms with Crippen molar-refractivity contribution in [2.75, 3.05) is 20.2 Å². The van der Waals surface area contributed by atoms with Crippen LogP contribution in [0.15, 0.2) is 18.2 Å². The number of likely N-dealkylation sites (tertiary alicyclic amines) is 1. The molecular weight excluding hydrogens is 354 g/mol. The molecule has 148 valence electrons. The molecule has 0 unspecified atom stereocenters. The first-order valence-corrected chi connectivity index (χ1v) is 8.72. The molecule has 1 fully saturated rings. The Balaban J connectivity index is 1.97. The van der Waals surface area contributed by atoms with E-state index in [0.717, 1.165) is 0 Å². The molecule has 1 aliphatic rings. The van der Waals surface area contributed by atoms with Crippen LogP contribution in [-0.4, -0.2) is 53.7 Å². The fourth-order valence-corrected chi connectivity index (χ4v) is 2.78. The van der Waals surface area contributed by atoms with Crippen molar-refractivity contribution in [2.24, 2.45) is 0 Å². The molecule has 1 N–H and O–H groups in total. The van der Waals surface area contributed by atoms with Crippen molar-refractivity contribution >= 4 is 17.7 Å². The first-order valence-electron chi connectivity index (χ1n) is 8.72. The van der Waals surface area contributed by atoms with Crippen LogP contribution in [0.3, 0.4) is 0 Å². The van der Waals surface area contributed by atoms with Gasteiger partial charge in [-0.3, -0.25) is 14.9 Å². The van der Waals surface area contributed by atoms with Gasteiger partial charge < -0.3 is 19.7 Å². The largest absolute Gasteiger partial charge is 0.497 e. The average Bonchev–Trinajstić information content (AvgIpc) is 2.60. The van der Waals surface area contributed by atoms with Crippen molar-refractivity contribution in [1.82, 2.24) is 10.2 Å². The molecule has 0 saturated carbocycles. The Labute approximate surface area is 157 Å². The summed E-state index contributed by atoms with van der Waals surface area (Å²) < 4.78 is 10.3. The van der Waals surface area contributed by atoms with E-state index < -0.39 is 16.4 Å². The third-order valence-corrected chi connectivity index (χ3v) is 4.13. The number of amides is 2. The molecule has 2 rings (SSSR count). The smallest absolute Gasteiger partial charge is 0.410 e. The van der Waals surface area contributed by atoms with Crippen LogP contribution in [0.25, 0.3) is 0 Å². The van der Waals surface area contributed by atoms with Crippen molar-refractivity contribution in [1.29, 1.82) is 0 Å². The van der Waals surface area contributed by atoms with E-state index in [1.807, 2.05) is 0 Å². The number of nitrogens with zero attached hydrogens (tertiary/aromatic N) is 2. The highest BCUT2D eigenvalue weighted by molar-refractivity contribution is 5.98. The molecule has 9 heteroatoms. The summed E-state index contributed by atoms with van der Waals surface area (Å²) in [7, 11) is 1.40. The van der Waals surface area contributed by atoms with Crippen molar-refractivity contribution < 1.29 is 24.0 Å². The van der Waals surface area contributed by atoms with Crippen molar-refractivity contribution in [2.45, 2.75) is 45.3 Å². The summed E-state index contributed by atoms with van der Waals surface area (Å²) in [4.78, 5) is 36.8. The van der Waals surface area contributed by atoms with Crippen LogP contribution in [-0.2, 0) is 4.74 Å². The lowest BCUT2D eigenvalue weighted by Crippen LogP contribution is -2.47. The Morgan fingerprint density at radius 3 is 2.41 bits per heavy atom. The van der Waals surface area contributed by atoms with E-state index in [2.05, 4.69) is 5.32 Å². The van der Waals surface area contributed by atoms with Gasteiger partial charge >= 0.3 is 6.09 Å². The zero-order chi connectivity index (χ0) is 20.2. The number of nitrogens with one attached hydrogen (secondary N) is 1. The third kappa shape index (κ3) is 5.57. The van der Waals surface area contributed by atoms with Gasteiger partial charge in [0.15, 0.2) is 0 Å². The van der Waals surface area contributed by atoms with Gasteiger partial charge in [0.25, 0.3) is 11.6 Å². The van der Waals surface area contributed by atoms with Gasteiger partial charge in [0, 0.05) is 19.1 Å². The van der Waals surface area contributed by atoms with E-state index >= 15 is 0 Å². The van der Waals surface area contributed by atoms with Crippen LogP contribution >= 0.6 is 0 Å². The predicted octanol–water partition coefficient (Wildman–Crippen LogP) is 2.73. The van der Waals surface area contributed by atoms with Gasteiger partial charge in [0.05, 0.1) is 18.1 Å². The number of methoxy groups -OCH3 is 1. The van der Waals surface area contributed by atoms with E-state index in [9.17, 15) is 19.7 Å². The fourth-order valence-electron chi connectivity index (χ4n) is 2.78. The molecule has 1 saturated heterocycles. The van der Waals surface area contributed by atoms with Crippen LogP contribution < -0.4 is 10.1 Å². The lowest BCUT2D eigenvalue weighted by atomic mass is 10.0. The summed E-state index contributed by atoms with van der Waals surface area (Å²) in [5.74, 6) is -0.205. The SMILES string of the molecule is COc1ccc(C(=O)NC2CCN(C(=O)OC(C)(C)C)CC2)c([N+](=O)[O-])c1. The van der Waals surface area contributed by atoms with Gasteiger partial charge in [-0.1, -0.05) is 0 Å². The maximum Gasteiger partial charge on any atom is 0.410 e. The minimum Gasteiger partial charge on any atom is -0.497 e. The topological polar surface area (TPSA) is 111 Å². The normalized spacial score (nSPS) is 15.2. The third-order valence-electron chi connectivity index (χ3n) is 4.13. The summed E-state index contributed by atoms with van der Waals surface area (Å²) in [6.45, 7) is 6.31. The fraction of sp³-hybridized carbons (Fsp3) is 0.556. The number of nitro benzene ring substituents is 1. The van der Waals surface area contributed by atoms with Crippen LogP contribution in [0.5, 0.6) is 5.75 Å². The molecule has 0 aromatic heterocycles. The average molecular weight is 379 g/mol. The second-order valence-electron chi connectivity index (χ2n) is 7.36.